The van der Waals surface area contributed by atoms with Crippen molar-refractivity contribution in [3.8, 4) is 0 Å². The number of rotatable bonds is 4. The summed E-state index contributed by atoms with van der Waals surface area (Å²) in [6.45, 7) is 2.38. The van der Waals surface area contributed by atoms with E-state index in [1.165, 1.54) is 7.11 Å². The first-order valence-corrected chi connectivity index (χ1v) is 4.70. The molecule has 1 atom stereocenters. The van der Waals surface area contributed by atoms with E-state index in [1.54, 1.807) is 18.6 Å². The van der Waals surface area contributed by atoms with Gasteiger partial charge in [0.2, 0.25) is 0 Å². The maximum Gasteiger partial charge on any atom is 0.310 e. The predicted octanol–water partition coefficient (Wildman–Crippen LogP) is 0.722. The highest BCUT2D eigenvalue weighted by molar-refractivity contribution is 5.72. The van der Waals surface area contributed by atoms with Crippen molar-refractivity contribution in [3.05, 3.63) is 18.6 Å². The zero-order valence-corrected chi connectivity index (χ0v) is 9.17. The van der Waals surface area contributed by atoms with Crippen molar-refractivity contribution in [1.29, 1.82) is 0 Å². The Kier molecular flexibility index (Phi) is 4.03. The Bertz CT molecular complexity index is 316. The molecule has 0 saturated heterocycles. The summed E-state index contributed by atoms with van der Waals surface area (Å²) < 4.78 is 4.65. The normalized spacial score (nSPS) is 11.9. The number of esters is 1. The fourth-order valence-corrected chi connectivity index (χ4v) is 1.27. The monoisotopic (exact) mass is 209 g/mol. The van der Waals surface area contributed by atoms with Crippen molar-refractivity contribution < 1.29 is 9.53 Å². The minimum Gasteiger partial charge on any atom is -0.469 e. The first-order chi connectivity index (χ1) is 7.15. The number of methoxy groups -OCH3 is 1. The molecule has 5 nitrogen and oxygen atoms in total. The van der Waals surface area contributed by atoms with Gasteiger partial charge >= 0.3 is 5.97 Å². The van der Waals surface area contributed by atoms with E-state index >= 15 is 0 Å². The lowest BCUT2D eigenvalue weighted by molar-refractivity contribution is -0.144. The number of anilines is 1. The standard InChI is InChI=1S/C10H15N3O2/c1-8(10(14)15-3)7-13(2)9-6-11-4-5-12-9/h4-6,8H,7H2,1-3H3. The Labute approximate surface area is 89.1 Å². The van der Waals surface area contributed by atoms with Crippen molar-refractivity contribution in [1.82, 2.24) is 9.97 Å². The maximum atomic E-state index is 11.2. The van der Waals surface area contributed by atoms with Crippen LogP contribution in [0.1, 0.15) is 6.92 Å². The molecule has 15 heavy (non-hydrogen) atoms. The van der Waals surface area contributed by atoms with Crippen LogP contribution >= 0.6 is 0 Å². The van der Waals surface area contributed by atoms with Crippen LogP contribution in [0.3, 0.4) is 0 Å². The molecule has 0 aliphatic heterocycles. The van der Waals surface area contributed by atoms with Crippen LogP contribution in [0.25, 0.3) is 0 Å². The average molecular weight is 209 g/mol. The van der Waals surface area contributed by atoms with E-state index in [1.807, 2.05) is 18.9 Å². The Morgan fingerprint density at radius 1 is 1.60 bits per heavy atom. The first kappa shape index (κ1) is 11.4. The lowest BCUT2D eigenvalue weighted by Gasteiger charge is -2.20. The molecule has 1 aromatic rings. The minimum absolute atomic E-state index is 0.179. The van der Waals surface area contributed by atoms with Crippen molar-refractivity contribution in [2.75, 3.05) is 25.6 Å². The van der Waals surface area contributed by atoms with Crippen LogP contribution in [0.4, 0.5) is 5.82 Å². The van der Waals surface area contributed by atoms with Gasteiger partial charge in [0.1, 0.15) is 5.82 Å². The second-order valence-electron chi connectivity index (χ2n) is 3.37. The van der Waals surface area contributed by atoms with Gasteiger partial charge in [-0.3, -0.25) is 9.78 Å². The number of nitrogens with zero attached hydrogens (tertiary/aromatic N) is 3. The highest BCUT2D eigenvalue weighted by Gasteiger charge is 2.16. The second-order valence-corrected chi connectivity index (χ2v) is 3.37. The highest BCUT2D eigenvalue weighted by atomic mass is 16.5. The lowest BCUT2D eigenvalue weighted by Crippen LogP contribution is -2.29. The molecule has 1 heterocycles. The third-order valence-corrected chi connectivity index (χ3v) is 2.09. The van der Waals surface area contributed by atoms with Gasteiger partial charge < -0.3 is 9.64 Å². The van der Waals surface area contributed by atoms with Gasteiger partial charge in [-0.05, 0) is 0 Å². The number of carbonyl (C=O) groups excluding carboxylic acids is 1. The molecule has 5 heteroatoms. The van der Waals surface area contributed by atoms with Crippen LogP contribution in [0.5, 0.6) is 0 Å². The van der Waals surface area contributed by atoms with Gasteiger partial charge in [-0.1, -0.05) is 6.92 Å². The molecule has 0 bridgehead atoms. The van der Waals surface area contributed by atoms with E-state index in [0.29, 0.717) is 6.54 Å². The van der Waals surface area contributed by atoms with Gasteiger partial charge in [0.05, 0.1) is 19.2 Å². The van der Waals surface area contributed by atoms with Crippen molar-refractivity contribution >= 4 is 11.8 Å². The quantitative estimate of drug-likeness (QED) is 0.684. The number of aromatic nitrogens is 2. The molecule has 1 aromatic heterocycles. The summed E-state index contributed by atoms with van der Waals surface area (Å²) in [6.07, 6.45) is 4.89. The number of hydrogen-bond donors (Lipinski definition) is 0. The molecule has 0 aliphatic rings. The summed E-state index contributed by atoms with van der Waals surface area (Å²) >= 11 is 0. The zero-order valence-electron chi connectivity index (χ0n) is 9.17. The van der Waals surface area contributed by atoms with Gasteiger partial charge in [0.15, 0.2) is 0 Å². The first-order valence-electron chi connectivity index (χ1n) is 4.70. The molecule has 82 valence electrons. The zero-order chi connectivity index (χ0) is 11.3. The van der Waals surface area contributed by atoms with Crippen molar-refractivity contribution in [2.45, 2.75) is 6.92 Å². The number of hydrogen-bond acceptors (Lipinski definition) is 5. The smallest absolute Gasteiger partial charge is 0.310 e. The third-order valence-electron chi connectivity index (χ3n) is 2.09. The number of carbonyl (C=O) groups is 1. The Morgan fingerprint density at radius 2 is 2.33 bits per heavy atom. The highest BCUT2D eigenvalue weighted by Crippen LogP contribution is 2.08. The molecule has 0 radical (unpaired) electrons. The SMILES string of the molecule is COC(=O)C(C)CN(C)c1cnccn1. The van der Waals surface area contributed by atoms with E-state index in [-0.39, 0.29) is 11.9 Å². The fraction of sp³-hybridized carbons (Fsp3) is 0.500. The van der Waals surface area contributed by atoms with Gasteiger partial charge in [-0.25, -0.2) is 4.98 Å². The topological polar surface area (TPSA) is 55.3 Å². The molecule has 1 unspecified atom stereocenters. The van der Waals surface area contributed by atoms with Crippen molar-refractivity contribution in [2.24, 2.45) is 5.92 Å². The van der Waals surface area contributed by atoms with Crippen LogP contribution in [0.2, 0.25) is 0 Å². The Morgan fingerprint density at radius 3 is 2.87 bits per heavy atom. The summed E-state index contributed by atoms with van der Waals surface area (Å²) in [5.74, 6) is 0.348. The predicted molar refractivity (Wildman–Crippen MR) is 56.5 cm³/mol. The summed E-state index contributed by atoms with van der Waals surface area (Å²) in [7, 11) is 3.25. The molecular weight excluding hydrogens is 194 g/mol. The Balaban J connectivity index is 2.56. The fourth-order valence-electron chi connectivity index (χ4n) is 1.27. The average Bonchev–Trinajstić information content (AvgIpc) is 2.29. The van der Waals surface area contributed by atoms with Crippen LogP contribution < -0.4 is 4.90 Å². The van der Waals surface area contributed by atoms with Crippen molar-refractivity contribution in [3.63, 3.8) is 0 Å². The minimum atomic E-state index is -0.217. The molecule has 0 fully saturated rings. The van der Waals surface area contributed by atoms with E-state index in [2.05, 4.69) is 14.7 Å². The van der Waals surface area contributed by atoms with Crippen LogP contribution in [-0.4, -0.2) is 36.6 Å². The summed E-state index contributed by atoms with van der Waals surface area (Å²) in [5.41, 5.74) is 0. The molecule has 0 N–H and O–H groups in total. The third kappa shape index (κ3) is 3.19. The summed E-state index contributed by atoms with van der Waals surface area (Å²) in [6, 6.07) is 0. The van der Waals surface area contributed by atoms with Crippen LogP contribution in [-0.2, 0) is 9.53 Å². The van der Waals surface area contributed by atoms with Gasteiger partial charge in [-0.2, -0.15) is 0 Å². The van der Waals surface area contributed by atoms with E-state index in [4.69, 9.17) is 0 Å². The summed E-state index contributed by atoms with van der Waals surface area (Å²) in [5, 5.41) is 0. The van der Waals surface area contributed by atoms with E-state index in [0.717, 1.165) is 5.82 Å². The molecule has 0 aliphatic carbocycles. The van der Waals surface area contributed by atoms with Gasteiger partial charge in [0, 0.05) is 26.0 Å². The molecule has 0 spiro atoms. The van der Waals surface area contributed by atoms with Gasteiger partial charge in [-0.15, -0.1) is 0 Å². The molecule has 1 rings (SSSR count). The maximum absolute atomic E-state index is 11.2. The largest absolute Gasteiger partial charge is 0.469 e. The van der Waals surface area contributed by atoms with Gasteiger partial charge in [0.25, 0.3) is 0 Å². The van der Waals surface area contributed by atoms with E-state index in [9.17, 15) is 4.79 Å². The van der Waals surface area contributed by atoms with Crippen LogP contribution in [0.15, 0.2) is 18.6 Å². The molecular formula is C10H15N3O2. The Hall–Kier alpha value is -1.65. The summed E-state index contributed by atoms with van der Waals surface area (Å²) in [4.78, 5) is 21.1. The molecule has 0 aromatic carbocycles. The molecule has 0 amide bonds. The second kappa shape index (κ2) is 5.29. The molecule has 0 saturated carbocycles. The van der Waals surface area contributed by atoms with E-state index < -0.39 is 0 Å². The number of ether oxygens (including phenoxy) is 1. The van der Waals surface area contributed by atoms with Crippen LogP contribution in [0, 0.1) is 5.92 Å². The lowest BCUT2D eigenvalue weighted by atomic mass is 10.2.